The molecule has 0 radical (unpaired) electrons. The maximum Gasteiger partial charge on any atom is 1.00 e. The molecule has 0 aliphatic heterocycles. The predicted octanol–water partition coefficient (Wildman–Crippen LogP) is 4.61. The number of rotatable bonds is 3. The van der Waals surface area contributed by atoms with E-state index in [0.29, 0.717) is 11.2 Å². The van der Waals surface area contributed by atoms with Gasteiger partial charge < -0.3 is 13.4 Å². The van der Waals surface area contributed by atoms with E-state index in [-0.39, 0.29) is 35.1 Å². The van der Waals surface area contributed by atoms with Gasteiger partial charge in [-0.05, 0) is 38.5 Å². The minimum atomic E-state index is -0.0442. The van der Waals surface area contributed by atoms with Gasteiger partial charge in [0.15, 0.2) is 0 Å². The van der Waals surface area contributed by atoms with E-state index in [1.54, 1.807) is 0 Å². The van der Waals surface area contributed by atoms with E-state index in [0.717, 1.165) is 14.1 Å². The van der Waals surface area contributed by atoms with Gasteiger partial charge in [0.1, 0.15) is 0 Å². The quantitative estimate of drug-likeness (QED) is 0.553. The molecule has 1 nitrogen and oxygen atoms in total. The number of benzene rings is 1. The third-order valence-corrected chi connectivity index (χ3v) is 6.80. The summed E-state index contributed by atoms with van der Waals surface area (Å²) in [6.07, 6.45) is 4.99. The first-order valence-electron chi connectivity index (χ1n) is 10.2. The molecule has 0 unspecified atom stereocenters. The third kappa shape index (κ3) is 6.20. The summed E-state index contributed by atoms with van der Waals surface area (Å²) in [5.41, 5.74) is 5.68. The van der Waals surface area contributed by atoms with Gasteiger partial charge in [0, 0.05) is 5.52 Å². The van der Waals surface area contributed by atoms with Gasteiger partial charge in [-0.1, -0.05) is 100 Å². The Morgan fingerprint density at radius 1 is 0.815 bits per heavy atom. The van der Waals surface area contributed by atoms with Crippen LogP contribution < -0.4 is 18.9 Å². The molecule has 1 aliphatic carbocycles. The second kappa shape index (κ2) is 8.74. The average Bonchev–Trinajstić information content (AvgIpc) is 2.95. The molecule has 0 bridgehead atoms. The monoisotopic (exact) mass is 380 g/mol. The third-order valence-electron chi connectivity index (χ3n) is 5.46. The van der Waals surface area contributed by atoms with Crippen molar-refractivity contribution in [3.8, 4) is 0 Å². The second-order valence-electron chi connectivity index (χ2n) is 11.1. The van der Waals surface area contributed by atoms with Crippen molar-refractivity contribution in [2.45, 2.75) is 110 Å². The molecule has 0 aromatic heterocycles. The van der Waals surface area contributed by atoms with Gasteiger partial charge in [-0.25, -0.2) is 0 Å². The zero-order valence-corrected chi connectivity index (χ0v) is 20.3. The molecular formula is C24H38LiOP. The van der Waals surface area contributed by atoms with E-state index in [4.69, 9.17) is 0 Å². The standard InChI is InChI=1S/C24H38OP.Li/c1-22(2,3)16-14-18(23(4,5)6)20(19(15-16)24(7,8)9)21(25)26-17-12-10-11-13-17;/h14-15,17H,10-13H2,1-9H3;/q-1;+1. The van der Waals surface area contributed by atoms with Crippen LogP contribution in [0.25, 0.3) is 0 Å². The second-order valence-corrected chi connectivity index (χ2v) is 12.5. The molecule has 146 valence electrons. The summed E-state index contributed by atoms with van der Waals surface area (Å²) < 4.78 is 0. The van der Waals surface area contributed by atoms with Crippen molar-refractivity contribution in [2.24, 2.45) is 0 Å². The summed E-state index contributed by atoms with van der Waals surface area (Å²) in [7, 11) is 1.01. The van der Waals surface area contributed by atoms with Gasteiger partial charge in [0.05, 0.1) is 0 Å². The molecule has 0 amide bonds. The molecule has 0 saturated heterocycles. The van der Waals surface area contributed by atoms with Crippen molar-refractivity contribution < 1.29 is 23.7 Å². The van der Waals surface area contributed by atoms with Crippen molar-refractivity contribution in [3.63, 3.8) is 0 Å². The Balaban J connectivity index is 0.00000364. The van der Waals surface area contributed by atoms with Crippen molar-refractivity contribution in [1.29, 1.82) is 0 Å². The van der Waals surface area contributed by atoms with Crippen molar-refractivity contribution in [3.05, 3.63) is 34.4 Å². The molecule has 1 saturated carbocycles. The molecule has 1 fully saturated rings. The van der Waals surface area contributed by atoms with Crippen molar-refractivity contribution in [1.82, 2.24) is 0 Å². The summed E-state index contributed by atoms with van der Waals surface area (Å²) in [6, 6.07) is 4.62. The summed E-state index contributed by atoms with van der Waals surface area (Å²) in [5, 5.41) is 0. The van der Waals surface area contributed by atoms with Crippen LogP contribution in [0.5, 0.6) is 0 Å². The van der Waals surface area contributed by atoms with Crippen LogP contribution in [0, 0.1) is 0 Å². The molecule has 0 spiro atoms. The van der Waals surface area contributed by atoms with Crippen molar-refractivity contribution in [2.75, 3.05) is 0 Å². The SMILES string of the molecule is CC(C)(C)c1cc(C(C)(C)C)c(C(=O)[P-]C2CCCC2)c(C(C)(C)C)c1.[Li+]. The van der Waals surface area contributed by atoms with Gasteiger partial charge in [-0.2, -0.15) is 5.66 Å². The molecular weight excluding hydrogens is 342 g/mol. The maximum atomic E-state index is 13.5. The van der Waals surface area contributed by atoms with Crippen LogP contribution in [-0.2, 0) is 16.2 Å². The van der Waals surface area contributed by atoms with Crippen LogP contribution in [0.1, 0.15) is 115 Å². The van der Waals surface area contributed by atoms with Crippen LogP contribution in [0.4, 0.5) is 0 Å². The van der Waals surface area contributed by atoms with Gasteiger partial charge in [0.2, 0.25) is 0 Å². The first kappa shape index (κ1) is 25.0. The van der Waals surface area contributed by atoms with E-state index >= 15 is 0 Å². The Hall–Kier alpha value is -0.0826. The van der Waals surface area contributed by atoms with Crippen LogP contribution in [0.3, 0.4) is 0 Å². The zero-order valence-electron chi connectivity index (χ0n) is 19.4. The Bertz CT molecular complexity index is 630. The van der Waals surface area contributed by atoms with Gasteiger partial charge in [-0.15, -0.1) is 0 Å². The van der Waals surface area contributed by atoms with Gasteiger partial charge in [0.25, 0.3) is 0 Å². The minimum absolute atomic E-state index is 0. The molecule has 1 aliphatic rings. The fourth-order valence-corrected chi connectivity index (χ4v) is 5.08. The first-order chi connectivity index (χ1) is 11.7. The van der Waals surface area contributed by atoms with E-state index in [2.05, 4.69) is 74.4 Å². The summed E-state index contributed by atoms with van der Waals surface area (Å²) in [5.74, 6) is 0. The fourth-order valence-electron chi connectivity index (χ4n) is 3.75. The average molecular weight is 380 g/mol. The Morgan fingerprint density at radius 2 is 1.22 bits per heavy atom. The van der Waals surface area contributed by atoms with E-state index in [9.17, 15) is 4.79 Å². The Labute approximate surface area is 181 Å². The topological polar surface area (TPSA) is 17.1 Å². The van der Waals surface area contributed by atoms with E-state index in [1.165, 1.54) is 42.4 Å². The summed E-state index contributed by atoms with van der Waals surface area (Å²) in [4.78, 5) is 13.5. The largest absolute Gasteiger partial charge is 1.00 e. The first-order valence-corrected chi connectivity index (χ1v) is 11.1. The zero-order chi connectivity index (χ0) is 19.9. The molecule has 0 N–H and O–H groups in total. The minimum Gasteiger partial charge on any atom is -0.456 e. The Morgan fingerprint density at radius 3 is 1.56 bits per heavy atom. The van der Waals surface area contributed by atoms with Gasteiger partial charge in [-0.3, -0.25) is 0 Å². The maximum absolute atomic E-state index is 13.5. The molecule has 1 aromatic rings. The molecule has 1 aromatic carbocycles. The predicted molar refractivity (Wildman–Crippen MR) is 116 cm³/mol. The number of hydrogen-bond acceptors (Lipinski definition) is 1. The fraction of sp³-hybridized carbons (Fsp3) is 0.708. The molecule has 0 atom stereocenters. The molecule has 0 heterocycles. The van der Waals surface area contributed by atoms with Crippen LogP contribution in [0.2, 0.25) is 0 Å². The smallest absolute Gasteiger partial charge is 0.456 e. The number of hydrogen-bond donors (Lipinski definition) is 0. The van der Waals surface area contributed by atoms with E-state index < -0.39 is 0 Å². The normalized spacial score (nSPS) is 16.8. The molecule has 27 heavy (non-hydrogen) atoms. The van der Waals surface area contributed by atoms with Crippen LogP contribution in [-0.4, -0.2) is 11.2 Å². The van der Waals surface area contributed by atoms with Crippen molar-refractivity contribution >= 4 is 14.1 Å². The number of carbonyl (C=O) groups excluding carboxylic acids is 1. The summed E-state index contributed by atoms with van der Waals surface area (Å²) >= 11 is 0. The van der Waals surface area contributed by atoms with Crippen LogP contribution in [0.15, 0.2) is 12.1 Å². The summed E-state index contributed by atoms with van der Waals surface area (Å²) in [6.45, 7) is 20.2. The van der Waals surface area contributed by atoms with Gasteiger partial charge >= 0.3 is 18.9 Å². The number of carbonyl (C=O) groups is 1. The Kier molecular flexibility index (Phi) is 8.07. The van der Waals surface area contributed by atoms with Crippen LogP contribution >= 0.6 is 8.58 Å². The van der Waals surface area contributed by atoms with E-state index in [1.807, 2.05) is 0 Å². The molecule has 3 heteroatoms. The molecule has 2 rings (SSSR count).